The van der Waals surface area contributed by atoms with E-state index in [4.69, 9.17) is 4.74 Å². The molecule has 0 amide bonds. The Bertz CT molecular complexity index is 472. The summed E-state index contributed by atoms with van der Waals surface area (Å²) >= 11 is 0. The van der Waals surface area contributed by atoms with E-state index in [-0.39, 0.29) is 0 Å². The molecule has 1 aliphatic heterocycles. The van der Waals surface area contributed by atoms with Crippen LogP contribution in [0.4, 0.5) is 5.69 Å². The van der Waals surface area contributed by atoms with Crippen LogP contribution >= 0.6 is 0 Å². The second-order valence-corrected chi connectivity index (χ2v) is 5.71. The monoisotopic (exact) mass is 275 g/mol. The van der Waals surface area contributed by atoms with Crippen LogP contribution in [-0.4, -0.2) is 31.6 Å². The summed E-state index contributed by atoms with van der Waals surface area (Å²) in [4.78, 5) is 13.4. The van der Waals surface area contributed by atoms with Crippen LogP contribution in [0.2, 0.25) is 0 Å². The van der Waals surface area contributed by atoms with Gasteiger partial charge in [0.25, 0.3) is 0 Å². The van der Waals surface area contributed by atoms with Crippen molar-refractivity contribution in [2.75, 3.05) is 18.0 Å². The summed E-state index contributed by atoms with van der Waals surface area (Å²) in [5, 5.41) is 0. The van der Waals surface area contributed by atoms with Crippen molar-refractivity contribution in [3.63, 3.8) is 0 Å². The standard InChI is InChI=1S/C17H25NO2/c1-5-15-9-18(10-16(6-2)20-15)17-8-12(3)14(11-19)7-13(17)4/h7-8,11,15-16H,5-6,9-10H2,1-4H3. The SMILES string of the molecule is CCC1CN(c2cc(C)c(C=O)cc2C)CC(CC)O1. The number of carbonyl (C=O) groups is 1. The van der Waals surface area contributed by atoms with E-state index >= 15 is 0 Å². The van der Waals surface area contributed by atoms with Gasteiger partial charge in [-0.15, -0.1) is 0 Å². The molecule has 1 heterocycles. The molecule has 20 heavy (non-hydrogen) atoms. The minimum Gasteiger partial charge on any atom is -0.371 e. The van der Waals surface area contributed by atoms with Crippen LogP contribution < -0.4 is 4.90 Å². The summed E-state index contributed by atoms with van der Waals surface area (Å²) in [7, 11) is 0. The number of ether oxygens (including phenoxy) is 1. The number of nitrogens with zero attached hydrogens (tertiary/aromatic N) is 1. The highest BCUT2D eigenvalue weighted by Gasteiger charge is 2.26. The predicted molar refractivity (Wildman–Crippen MR) is 82.8 cm³/mol. The number of hydrogen-bond donors (Lipinski definition) is 0. The van der Waals surface area contributed by atoms with Gasteiger partial charge in [0.2, 0.25) is 0 Å². The zero-order valence-corrected chi connectivity index (χ0v) is 13.0. The number of anilines is 1. The van der Waals surface area contributed by atoms with Crippen molar-refractivity contribution in [2.45, 2.75) is 52.7 Å². The lowest BCUT2D eigenvalue weighted by atomic mass is 10.0. The Kier molecular flexibility index (Phi) is 4.81. The second-order valence-electron chi connectivity index (χ2n) is 5.71. The van der Waals surface area contributed by atoms with Gasteiger partial charge in [-0.3, -0.25) is 4.79 Å². The van der Waals surface area contributed by atoms with Crippen molar-refractivity contribution in [3.05, 3.63) is 28.8 Å². The molecule has 0 bridgehead atoms. The Hall–Kier alpha value is -1.35. The smallest absolute Gasteiger partial charge is 0.150 e. The maximum absolute atomic E-state index is 11.0. The van der Waals surface area contributed by atoms with Crippen LogP contribution in [0, 0.1) is 13.8 Å². The highest BCUT2D eigenvalue weighted by atomic mass is 16.5. The van der Waals surface area contributed by atoms with Gasteiger partial charge in [-0.2, -0.15) is 0 Å². The first-order valence-corrected chi connectivity index (χ1v) is 7.55. The van der Waals surface area contributed by atoms with Crippen molar-refractivity contribution < 1.29 is 9.53 Å². The fourth-order valence-electron chi connectivity index (χ4n) is 2.86. The van der Waals surface area contributed by atoms with E-state index < -0.39 is 0 Å². The average molecular weight is 275 g/mol. The number of benzene rings is 1. The molecule has 2 unspecified atom stereocenters. The van der Waals surface area contributed by atoms with Crippen LogP contribution in [0.25, 0.3) is 0 Å². The molecule has 1 aromatic carbocycles. The first-order valence-electron chi connectivity index (χ1n) is 7.55. The number of rotatable bonds is 4. The Morgan fingerprint density at radius 2 is 1.75 bits per heavy atom. The van der Waals surface area contributed by atoms with Crippen molar-refractivity contribution >= 4 is 12.0 Å². The topological polar surface area (TPSA) is 29.5 Å². The molecule has 0 saturated carbocycles. The summed E-state index contributed by atoms with van der Waals surface area (Å²) < 4.78 is 6.05. The van der Waals surface area contributed by atoms with E-state index in [1.807, 2.05) is 13.0 Å². The lowest BCUT2D eigenvalue weighted by Crippen LogP contribution is -2.47. The van der Waals surface area contributed by atoms with Crippen LogP contribution in [0.1, 0.15) is 48.2 Å². The molecule has 0 aromatic heterocycles. The van der Waals surface area contributed by atoms with E-state index in [9.17, 15) is 4.79 Å². The molecule has 0 radical (unpaired) electrons. The zero-order valence-electron chi connectivity index (χ0n) is 13.0. The van der Waals surface area contributed by atoms with E-state index in [1.165, 1.54) is 11.3 Å². The molecular weight excluding hydrogens is 250 g/mol. The van der Waals surface area contributed by atoms with Crippen molar-refractivity contribution in [1.82, 2.24) is 0 Å². The Morgan fingerprint density at radius 1 is 1.15 bits per heavy atom. The van der Waals surface area contributed by atoms with Gasteiger partial charge in [-0.1, -0.05) is 13.8 Å². The van der Waals surface area contributed by atoms with Crippen LogP contribution in [-0.2, 0) is 4.74 Å². The number of carbonyl (C=O) groups excluding carboxylic acids is 1. The lowest BCUT2D eigenvalue weighted by molar-refractivity contribution is -0.0285. The summed E-state index contributed by atoms with van der Waals surface area (Å²) in [6, 6.07) is 4.14. The molecule has 2 atom stereocenters. The highest BCUT2D eigenvalue weighted by molar-refractivity contribution is 5.79. The van der Waals surface area contributed by atoms with E-state index in [2.05, 4.69) is 31.7 Å². The van der Waals surface area contributed by atoms with Crippen LogP contribution in [0.5, 0.6) is 0 Å². The maximum Gasteiger partial charge on any atom is 0.150 e. The minimum atomic E-state index is 0.305. The van der Waals surface area contributed by atoms with Crippen LogP contribution in [0.15, 0.2) is 12.1 Å². The lowest BCUT2D eigenvalue weighted by Gasteiger charge is -2.39. The number of hydrogen-bond acceptors (Lipinski definition) is 3. The quantitative estimate of drug-likeness (QED) is 0.788. The third-order valence-corrected chi connectivity index (χ3v) is 4.20. The fraction of sp³-hybridized carbons (Fsp3) is 0.588. The highest BCUT2D eigenvalue weighted by Crippen LogP contribution is 2.28. The summed E-state index contributed by atoms with van der Waals surface area (Å²) in [6.45, 7) is 10.3. The third-order valence-electron chi connectivity index (χ3n) is 4.20. The molecule has 0 aliphatic carbocycles. The van der Waals surface area contributed by atoms with Crippen molar-refractivity contribution in [1.29, 1.82) is 0 Å². The van der Waals surface area contributed by atoms with Gasteiger partial charge in [0, 0.05) is 24.3 Å². The first-order chi connectivity index (χ1) is 9.58. The first kappa shape index (κ1) is 15.0. The summed E-state index contributed by atoms with van der Waals surface area (Å²) in [5.74, 6) is 0. The predicted octanol–water partition coefficient (Wildman–Crippen LogP) is 3.51. The summed E-state index contributed by atoms with van der Waals surface area (Å²) in [6.07, 6.45) is 3.63. The fourth-order valence-corrected chi connectivity index (χ4v) is 2.86. The van der Waals surface area contributed by atoms with Crippen LogP contribution in [0.3, 0.4) is 0 Å². The Balaban J connectivity index is 2.30. The van der Waals surface area contributed by atoms with E-state index in [0.29, 0.717) is 12.2 Å². The van der Waals surface area contributed by atoms with Gasteiger partial charge in [0.05, 0.1) is 12.2 Å². The molecule has 110 valence electrons. The number of aryl methyl sites for hydroxylation is 2. The van der Waals surface area contributed by atoms with Gasteiger partial charge in [-0.25, -0.2) is 0 Å². The molecule has 0 N–H and O–H groups in total. The largest absolute Gasteiger partial charge is 0.371 e. The summed E-state index contributed by atoms with van der Waals surface area (Å²) in [5.41, 5.74) is 4.25. The molecule has 1 aliphatic rings. The molecule has 1 fully saturated rings. The Morgan fingerprint density at radius 3 is 2.25 bits per heavy atom. The van der Waals surface area contributed by atoms with Gasteiger partial charge >= 0.3 is 0 Å². The molecule has 2 rings (SSSR count). The average Bonchev–Trinajstić information content (AvgIpc) is 2.48. The minimum absolute atomic E-state index is 0.305. The Labute approximate surface area is 121 Å². The number of morpholine rings is 1. The number of aldehydes is 1. The normalized spacial score (nSPS) is 22.9. The molecule has 0 spiro atoms. The van der Waals surface area contributed by atoms with E-state index in [1.54, 1.807) is 0 Å². The van der Waals surface area contributed by atoms with Gasteiger partial charge < -0.3 is 9.64 Å². The van der Waals surface area contributed by atoms with E-state index in [0.717, 1.165) is 43.3 Å². The third kappa shape index (κ3) is 3.04. The molecular formula is C17H25NO2. The van der Waals surface area contributed by atoms with Crippen molar-refractivity contribution in [2.24, 2.45) is 0 Å². The molecule has 3 nitrogen and oxygen atoms in total. The van der Waals surface area contributed by atoms with Gasteiger partial charge in [0.15, 0.2) is 0 Å². The molecule has 3 heteroatoms. The maximum atomic E-state index is 11.0. The zero-order chi connectivity index (χ0) is 14.7. The molecule has 1 saturated heterocycles. The van der Waals surface area contributed by atoms with Gasteiger partial charge in [-0.05, 0) is 49.9 Å². The van der Waals surface area contributed by atoms with Crippen molar-refractivity contribution in [3.8, 4) is 0 Å². The molecule has 1 aromatic rings. The van der Waals surface area contributed by atoms with Gasteiger partial charge in [0.1, 0.15) is 6.29 Å². The second kappa shape index (κ2) is 6.40.